The average molecular weight is 274 g/mol. The van der Waals surface area contributed by atoms with Crippen molar-refractivity contribution in [1.82, 2.24) is 5.32 Å². The highest BCUT2D eigenvalue weighted by molar-refractivity contribution is 5.36. The predicted octanol–water partition coefficient (Wildman–Crippen LogP) is 3.78. The fourth-order valence-electron chi connectivity index (χ4n) is 2.33. The van der Waals surface area contributed by atoms with E-state index in [0.717, 1.165) is 12.3 Å². The molecule has 0 aromatic heterocycles. The normalized spacial score (nSPS) is 13.8. The average Bonchev–Trinajstić information content (AvgIpc) is 2.38. The predicted molar refractivity (Wildman–Crippen MR) is 83.1 cm³/mol. The van der Waals surface area contributed by atoms with Gasteiger partial charge in [-0.25, -0.2) is 0 Å². The molecule has 1 rings (SSSR count). The fourth-order valence-corrected chi connectivity index (χ4v) is 2.33. The summed E-state index contributed by atoms with van der Waals surface area (Å²) in [6.07, 6.45) is 0.669. The van der Waals surface area contributed by atoms with Crippen molar-refractivity contribution in [2.45, 2.75) is 52.5 Å². The molecule has 0 heterocycles. The SMILES string of the molecule is CCNC(C)(C#N)CCOc1ccc(C(C)C)c(C)c1. The first kappa shape index (κ1) is 16.5. The minimum absolute atomic E-state index is 0.512. The number of hydrogen-bond acceptors (Lipinski definition) is 3. The lowest BCUT2D eigenvalue weighted by Crippen LogP contribution is -2.42. The van der Waals surface area contributed by atoms with Crippen LogP contribution in [-0.4, -0.2) is 18.7 Å². The van der Waals surface area contributed by atoms with Gasteiger partial charge in [0.1, 0.15) is 11.3 Å². The summed E-state index contributed by atoms with van der Waals surface area (Å²) in [7, 11) is 0. The highest BCUT2D eigenvalue weighted by Gasteiger charge is 2.22. The number of benzene rings is 1. The molecule has 0 aliphatic heterocycles. The lowest BCUT2D eigenvalue weighted by atomic mass is 9.98. The van der Waals surface area contributed by atoms with Gasteiger partial charge in [-0.05, 0) is 49.6 Å². The summed E-state index contributed by atoms with van der Waals surface area (Å²) in [6, 6.07) is 8.53. The van der Waals surface area contributed by atoms with Crippen LogP contribution in [0.1, 0.15) is 51.2 Å². The molecule has 1 atom stereocenters. The minimum atomic E-state index is -0.512. The molecule has 0 aliphatic rings. The van der Waals surface area contributed by atoms with Crippen LogP contribution in [0.25, 0.3) is 0 Å². The standard InChI is InChI=1S/C17H26N2O/c1-6-19-17(5,12-18)9-10-20-15-7-8-16(13(2)3)14(4)11-15/h7-8,11,13,19H,6,9-10H2,1-5H3. The van der Waals surface area contributed by atoms with Crippen LogP contribution < -0.4 is 10.1 Å². The maximum atomic E-state index is 9.19. The first-order valence-corrected chi connectivity index (χ1v) is 7.31. The second-order valence-corrected chi connectivity index (χ2v) is 5.75. The third kappa shape index (κ3) is 4.54. The first-order chi connectivity index (χ1) is 9.41. The Bertz CT molecular complexity index is 476. The number of nitrogens with one attached hydrogen (secondary N) is 1. The van der Waals surface area contributed by atoms with Crippen molar-refractivity contribution in [3.63, 3.8) is 0 Å². The fraction of sp³-hybridized carbons (Fsp3) is 0.588. The largest absolute Gasteiger partial charge is 0.493 e. The molecule has 0 aliphatic carbocycles. The summed E-state index contributed by atoms with van der Waals surface area (Å²) in [5, 5.41) is 12.4. The zero-order valence-corrected chi connectivity index (χ0v) is 13.3. The van der Waals surface area contributed by atoms with Gasteiger partial charge >= 0.3 is 0 Å². The van der Waals surface area contributed by atoms with Gasteiger partial charge in [0.25, 0.3) is 0 Å². The lowest BCUT2D eigenvalue weighted by molar-refractivity contribution is 0.268. The number of hydrogen-bond donors (Lipinski definition) is 1. The van der Waals surface area contributed by atoms with E-state index in [2.05, 4.69) is 44.3 Å². The molecule has 0 spiro atoms. The van der Waals surface area contributed by atoms with Crippen molar-refractivity contribution in [3.8, 4) is 11.8 Å². The van der Waals surface area contributed by atoms with Gasteiger partial charge in [0, 0.05) is 6.42 Å². The summed E-state index contributed by atoms with van der Waals surface area (Å²) in [4.78, 5) is 0. The maximum Gasteiger partial charge on any atom is 0.119 e. The first-order valence-electron chi connectivity index (χ1n) is 7.31. The van der Waals surface area contributed by atoms with E-state index in [1.807, 2.05) is 19.9 Å². The van der Waals surface area contributed by atoms with Crippen LogP contribution >= 0.6 is 0 Å². The molecular formula is C17H26N2O. The Kier molecular flexibility index (Phi) is 6.04. The van der Waals surface area contributed by atoms with Gasteiger partial charge in [0.15, 0.2) is 0 Å². The molecule has 0 amide bonds. The monoisotopic (exact) mass is 274 g/mol. The van der Waals surface area contributed by atoms with Crippen molar-refractivity contribution < 1.29 is 4.74 Å². The zero-order chi connectivity index (χ0) is 15.2. The molecule has 1 N–H and O–H groups in total. The third-order valence-corrected chi connectivity index (χ3v) is 3.55. The van der Waals surface area contributed by atoms with E-state index in [0.29, 0.717) is 18.9 Å². The van der Waals surface area contributed by atoms with Gasteiger partial charge in [0.2, 0.25) is 0 Å². The molecule has 20 heavy (non-hydrogen) atoms. The summed E-state index contributed by atoms with van der Waals surface area (Å²) < 4.78 is 5.77. The van der Waals surface area contributed by atoms with Crippen LogP contribution in [0, 0.1) is 18.3 Å². The Balaban J connectivity index is 2.59. The van der Waals surface area contributed by atoms with Crippen LogP contribution in [0.2, 0.25) is 0 Å². The van der Waals surface area contributed by atoms with Crippen LogP contribution in [0.4, 0.5) is 0 Å². The Morgan fingerprint density at radius 3 is 2.60 bits per heavy atom. The summed E-state index contributed by atoms with van der Waals surface area (Å²) >= 11 is 0. The Morgan fingerprint density at radius 1 is 1.40 bits per heavy atom. The van der Waals surface area contributed by atoms with E-state index in [4.69, 9.17) is 4.74 Å². The van der Waals surface area contributed by atoms with E-state index in [9.17, 15) is 5.26 Å². The molecule has 1 aromatic carbocycles. The number of ether oxygens (including phenoxy) is 1. The third-order valence-electron chi connectivity index (χ3n) is 3.55. The number of nitrogens with zero attached hydrogens (tertiary/aromatic N) is 1. The van der Waals surface area contributed by atoms with Gasteiger partial charge in [-0.2, -0.15) is 5.26 Å². The smallest absolute Gasteiger partial charge is 0.119 e. The topological polar surface area (TPSA) is 45.0 Å². The van der Waals surface area contributed by atoms with Crippen molar-refractivity contribution in [2.24, 2.45) is 0 Å². The van der Waals surface area contributed by atoms with Gasteiger partial charge in [-0.1, -0.05) is 26.8 Å². The number of nitriles is 1. The lowest BCUT2D eigenvalue weighted by Gasteiger charge is -2.22. The van der Waals surface area contributed by atoms with Gasteiger partial charge < -0.3 is 4.74 Å². The van der Waals surface area contributed by atoms with E-state index in [1.165, 1.54) is 11.1 Å². The molecule has 0 saturated carbocycles. The van der Waals surface area contributed by atoms with Crippen LogP contribution in [0.3, 0.4) is 0 Å². The van der Waals surface area contributed by atoms with Gasteiger partial charge in [-0.15, -0.1) is 0 Å². The van der Waals surface area contributed by atoms with Crippen molar-refractivity contribution in [1.29, 1.82) is 5.26 Å². The second-order valence-electron chi connectivity index (χ2n) is 5.75. The van der Waals surface area contributed by atoms with Crippen molar-refractivity contribution >= 4 is 0 Å². The highest BCUT2D eigenvalue weighted by Crippen LogP contribution is 2.23. The van der Waals surface area contributed by atoms with Crippen LogP contribution in [-0.2, 0) is 0 Å². The highest BCUT2D eigenvalue weighted by atomic mass is 16.5. The molecule has 1 aromatic rings. The summed E-state index contributed by atoms with van der Waals surface area (Å²) in [6.45, 7) is 11.7. The van der Waals surface area contributed by atoms with Gasteiger partial charge in [-0.3, -0.25) is 5.32 Å². The second kappa shape index (κ2) is 7.31. The van der Waals surface area contributed by atoms with Gasteiger partial charge in [0.05, 0.1) is 12.7 Å². The molecule has 0 radical (unpaired) electrons. The summed E-state index contributed by atoms with van der Waals surface area (Å²) in [5.74, 6) is 1.41. The molecule has 3 nitrogen and oxygen atoms in total. The van der Waals surface area contributed by atoms with E-state index < -0.39 is 5.54 Å². The quantitative estimate of drug-likeness (QED) is 0.823. The number of aryl methyl sites for hydroxylation is 1. The zero-order valence-electron chi connectivity index (χ0n) is 13.3. The molecule has 110 valence electrons. The molecular weight excluding hydrogens is 248 g/mol. The molecule has 0 saturated heterocycles. The van der Waals surface area contributed by atoms with E-state index in [-0.39, 0.29) is 0 Å². The van der Waals surface area contributed by atoms with E-state index in [1.54, 1.807) is 0 Å². The number of rotatable bonds is 7. The van der Waals surface area contributed by atoms with Crippen molar-refractivity contribution in [2.75, 3.05) is 13.2 Å². The Labute approximate surface area is 123 Å². The Hall–Kier alpha value is -1.53. The van der Waals surface area contributed by atoms with Crippen LogP contribution in [0.15, 0.2) is 18.2 Å². The molecule has 0 fully saturated rings. The maximum absolute atomic E-state index is 9.19. The molecule has 1 unspecified atom stereocenters. The molecule has 3 heteroatoms. The Morgan fingerprint density at radius 2 is 2.10 bits per heavy atom. The minimum Gasteiger partial charge on any atom is -0.493 e. The van der Waals surface area contributed by atoms with Crippen molar-refractivity contribution in [3.05, 3.63) is 29.3 Å². The van der Waals surface area contributed by atoms with E-state index >= 15 is 0 Å². The van der Waals surface area contributed by atoms with Crippen LogP contribution in [0.5, 0.6) is 5.75 Å². The summed E-state index contributed by atoms with van der Waals surface area (Å²) in [5.41, 5.74) is 2.10. The molecule has 0 bridgehead atoms.